The fraction of sp³-hybridized carbons (Fsp3) is 0.105. The number of carbonyl (C=O) groups excluding carboxylic acids is 1. The minimum Gasteiger partial charge on any atom is -0.402 e. The van der Waals surface area contributed by atoms with Gasteiger partial charge in [0.15, 0.2) is 0 Å². The van der Waals surface area contributed by atoms with Crippen LogP contribution in [0.5, 0.6) is 0 Å². The smallest absolute Gasteiger partial charge is 0.251 e. The van der Waals surface area contributed by atoms with Crippen LogP contribution in [0.3, 0.4) is 0 Å². The summed E-state index contributed by atoms with van der Waals surface area (Å²) in [5.74, 6) is -0.0836. The van der Waals surface area contributed by atoms with Crippen LogP contribution in [0.1, 0.15) is 22.3 Å². The van der Waals surface area contributed by atoms with Crippen LogP contribution in [0.2, 0.25) is 0 Å². The minimum atomic E-state index is -0.0836. The van der Waals surface area contributed by atoms with Crippen molar-refractivity contribution in [1.29, 1.82) is 0 Å². The predicted octanol–water partition coefficient (Wildman–Crippen LogP) is 4.01. The maximum atomic E-state index is 11.9. The molecular weight excluding hydrogens is 304 g/mol. The molecule has 0 bridgehead atoms. The van der Waals surface area contributed by atoms with Gasteiger partial charge in [-0.3, -0.25) is 4.79 Å². The first-order valence-corrected chi connectivity index (χ1v) is 8.23. The fourth-order valence-corrected chi connectivity index (χ4v) is 2.59. The van der Waals surface area contributed by atoms with Crippen molar-refractivity contribution in [3.05, 3.63) is 89.5 Å². The molecule has 0 aliphatic carbocycles. The Labute approximate surface area is 141 Å². The van der Waals surface area contributed by atoms with E-state index in [0.29, 0.717) is 18.5 Å². The molecule has 0 aromatic heterocycles. The molecule has 0 fully saturated rings. The second kappa shape index (κ2) is 8.86. The highest BCUT2D eigenvalue weighted by atomic mass is 32.2. The molecule has 118 valence electrons. The monoisotopic (exact) mass is 324 g/mol. The van der Waals surface area contributed by atoms with Crippen LogP contribution in [0.15, 0.2) is 78.3 Å². The first-order valence-electron chi connectivity index (χ1n) is 7.35. The predicted molar refractivity (Wildman–Crippen MR) is 98.7 cm³/mol. The van der Waals surface area contributed by atoms with Crippen LogP contribution in [0.25, 0.3) is 4.91 Å². The van der Waals surface area contributed by atoms with Crippen molar-refractivity contribution >= 4 is 22.6 Å². The van der Waals surface area contributed by atoms with Gasteiger partial charge in [-0.2, -0.15) is 0 Å². The van der Waals surface area contributed by atoms with E-state index in [-0.39, 0.29) is 5.91 Å². The zero-order valence-electron chi connectivity index (χ0n) is 12.9. The van der Waals surface area contributed by atoms with Gasteiger partial charge >= 0.3 is 0 Å². The summed E-state index contributed by atoms with van der Waals surface area (Å²) in [7, 11) is 0. The highest BCUT2D eigenvalue weighted by Gasteiger charge is 2.03. The molecule has 0 atom stereocenters. The zero-order valence-corrected chi connectivity index (χ0v) is 13.7. The molecule has 2 aromatic rings. The van der Waals surface area contributed by atoms with E-state index in [1.54, 1.807) is 12.1 Å². The molecule has 0 heterocycles. The zero-order chi connectivity index (χ0) is 16.5. The Kier molecular flexibility index (Phi) is 6.51. The Hall–Kier alpha value is -2.46. The van der Waals surface area contributed by atoms with Gasteiger partial charge in [-0.05, 0) is 23.1 Å². The van der Waals surface area contributed by atoms with Crippen LogP contribution in [-0.2, 0) is 0 Å². The Morgan fingerprint density at radius 2 is 1.61 bits per heavy atom. The SMILES string of the molecule is C=C(S/C=C(\N)CCNC(=O)c1ccccc1)c1ccccc1. The molecule has 0 spiro atoms. The fourth-order valence-electron chi connectivity index (χ4n) is 1.91. The van der Waals surface area contributed by atoms with Crippen molar-refractivity contribution < 1.29 is 4.79 Å². The molecule has 0 saturated carbocycles. The lowest BCUT2D eigenvalue weighted by molar-refractivity contribution is 0.0954. The van der Waals surface area contributed by atoms with Gasteiger partial charge in [0.2, 0.25) is 0 Å². The molecule has 0 unspecified atom stereocenters. The summed E-state index contributed by atoms with van der Waals surface area (Å²) >= 11 is 1.50. The van der Waals surface area contributed by atoms with Gasteiger partial charge in [-0.1, -0.05) is 66.9 Å². The van der Waals surface area contributed by atoms with Gasteiger partial charge in [0.05, 0.1) is 0 Å². The van der Waals surface area contributed by atoms with Crippen molar-refractivity contribution in [1.82, 2.24) is 5.32 Å². The van der Waals surface area contributed by atoms with Crippen molar-refractivity contribution in [2.45, 2.75) is 6.42 Å². The summed E-state index contributed by atoms with van der Waals surface area (Å²) < 4.78 is 0. The first-order chi connectivity index (χ1) is 11.2. The van der Waals surface area contributed by atoms with E-state index in [4.69, 9.17) is 5.73 Å². The summed E-state index contributed by atoms with van der Waals surface area (Å²) in [5, 5.41) is 4.74. The lowest BCUT2D eigenvalue weighted by Crippen LogP contribution is -2.25. The number of amides is 1. The van der Waals surface area contributed by atoms with Gasteiger partial charge in [-0.25, -0.2) is 0 Å². The molecule has 0 aliphatic rings. The molecule has 1 amide bonds. The Balaban J connectivity index is 1.75. The summed E-state index contributed by atoms with van der Waals surface area (Å²) in [6.45, 7) is 4.55. The van der Waals surface area contributed by atoms with E-state index < -0.39 is 0 Å². The summed E-state index contributed by atoms with van der Waals surface area (Å²) in [4.78, 5) is 12.8. The summed E-state index contributed by atoms with van der Waals surface area (Å²) in [6, 6.07) is 19.1. The van der Waals surface area contributed by atoms with Crippen LogP contribution >= 0.6 is 11.8 Å². The van der Waals surface area contributed by atoms with Crippen LogP contribution in [0, 0.1) is 0 Å². The molecule has 2 rings (SSSR count). The third-order valence-electron chi connectivity index (χ3n) is 3.18. The second-order valence-corrected chi connectivity index (χ2v) is 5.94. The molecule has 3 N–H and O–H groups in total. The second-order valence-electron chi connectivity index (χ2n) is 4.97. The van der Waals surface area contributed by atoms with Crippen LogP contribution in [0.4, 0.5) is 0 Å². The molecule has 0 aliphatic heterocycles. The lowest BCUT2D eigenvalue weighted by Gasteiger charge is -2.06. The van der Waals surface area contributed by atoms with E-state index in [2.05, 4.69) is 11.9 Å². The van der Waals surface area contributed by atoms with E-state index in [1.807, 2.05) is 53.9 Å². The van der Waals surface area contributed by atoms with E-state index >= 15 is 0 Å². The third-order valence-corrected chi connectivity index (χ3v) is 4.12. The normalized spacial score (nSPS) is 11.0. The quantitative estimate of drug-likeness (QED) is 0.809. The van der Waals surface area contributed by atoms with Gasteiger partial charge in [-0.15, -0.1) is 0 Å². The topological polar surface area (TPSA) is 55.1 Å². The number of nitrogens with one attached hydrogen (secondary N) is 1. The van der Waals surface area contributed by atoms with Crippen molar-refractivity contribution in [3.8, 4) is 0 Å². The number of hydrogen-bond donors (Lipinski definition) is 2. The van der Waals surface area contributed by atoms with Crippen molar-refractivity contribution in [2.24, 2.45) is 5.73 Å². The Bertz CT molecular complexity index is 681. The summed E-state index contributed by atoms with van der Waals surface area (Å²) in [6.07, 6.45) is 0.605. The number of hydrogen-bond acceptors (Lipinski definition) is 3. The Morgan fingerprint density at radius 1 is 1.04 bits per heavy atom. The van der Waals surface area contributed by atoms with Crippen molar-refractivity contribution in [3.63, 3.8) is 0 Å². The number of thioether (sulfide) groups is 1. The lowest BCUT2D eigenvalue weighted by atomic mass is 10.2. The molecule has 0 radical (unpaired) electrons. The molecule has 3 nitrogen and oxygen atoms in total. The molecule has 4 heteroatoms. The largest absolute Gasteiger partial charge is 0.402 e. The number of carbonyl (C=O) groups is 1. The average Bonchev–Trinajstić information content (AvgIpc) is 2.61. The minimum absolute atomic E-state index is 0.0836. The van der Waals surface area contributed by atoms with Crippen LogP contribution < -0.4 is 11.1 Å². The Morgan fingerprint density at radius 3 is 2.22 bits per heavy atom. The first kappa shape index (κ1) is 16.9. The highest BCUT2D eigenvalue weighted by Crippen LogP contribution is 2.26. The van der Waals surface area contributed by atoms with Gasteiger partial charge in [0, 0.05) is 29.1 Å². The van der Waals surface area contributed by atoms with Gasteiger partial charge in [0.25, 0.3) is 5.91 Å². The number of rotatable bonds is 7. The maximum absolute atomic E-state index is 11.9. The molecular formula is C19H20N2OS. The maximum Gasteiger partial charge on any atom is 0.251 e. The molecule has 0 saturated heterocycles. The number of benzene rings is 2. The number of nitrogens with two attached hydrogens (primary N) is 1. The van der Waals surface area contributed by atoms with Crippen molar-refractivity contribution in [2.75, 3.05) is 6.54 Å². The molecule has 23 heavy (non-hydrogen) atoms. The van der Waals surface area contributed by atoms with Gasteiger partial charge in [0.1, 0.15) is 0 Å². The highest BCUT2D eigenvalue weighted by molar-refractivity contribution is 8.10. The molecule has 2 aromatic carbocycles. The van der Waals surface area contributed by atoms with Crippen LogP contribution in [-0.4, -0.2) is 12.5 Å². The third kappa shape index (κ3) is 5.68. The summed E-state index contributed by atoms with van der Waals surface area (Å²) in [5.41, 5.74) is 8.43. The van der Waals surface area contributed by atoms with E-state index in [1.165, 1.54) is 11.8 Å². The standard InChI is InChI=1S/C19H20N2OS/c1-15(16-8-4-2-5-9-16)23-14-18(20)12-13-21-19(22)17-10-6-3-7-11-17/h2-11,14H,1,12-13,20H2,(H,21,22)/b18-14-. The average molecular weight is 324 g/mol. The van der Waals surface area contributed by atoms with E-state index in [9.17, 15) is 4.79 Å². The van der Waals surface area contributed by atoms with E-state index in [0.717, 1.165) is 16.2 Å². The van der Waals surface area contributed by atoms with Gasteiger partial charge < -0.3 is 11.1 Å².